The van der Waals surface area contributed by atoms with Gasteiger partial charge in [0.2, 0.25) is 5.91 Å². The van der Waals surface area contributed by atoms with Crippen molar-refractivity contribution in [1.29, 1.82) is 0 Å². The van der Waals surface area contributed by atoms with Gasteiger partial charge >= 0.3 is 0 Å². The SMILES string of the molecule is CCOc1c(Br)cc(C2CC(=O)NC3=C2C(=O)CC(c2ccc(Cl)c(Cl)c2)C3)cc1OC. The molecule has 1 aliphatic heterocycles. The summed E-state index contributed by atoms with van der Waals surface area (Å²) in [7, 11) is 1.57. The van der Waals surface area contributed by atoms with Crippen molar-refractivity contribution in [3.05, 3.63) is 67.2 Å². The molecule has 0 fully saturated rings. The summed E-state index contributed by atoms with van der Waals surface area (Å²) in [6.07, 6.45) is 1.10. The van der Waals surface area contributed by atoms with Gasteiger partial charge in [0.1, 0.15) is 0 Å². The third-order valence-electron chi connectivity index (χ3n) is 5.89. The van der Waals surface area contributed by atoms with Gasteiger partial charge in [-0.15, -0.1) is 0 Å². The number of nitrogens with one attached hydrogen (secondary N) is 1. The van der Waals surface area contributed by atoms with Crippen LogP contribution in [0.3, 0.4) is 0 Å². The van der Waals surface area contributed by atoms with Crippen molar-refractivity contribution in [3.8, 4) is 11.5 Å². The van der Waals surface area contributed by atoms with Crippen molar-refractivity contribution in [2.24, 2.45) is 0 Å². The molecule has 1 aliphatic carbocycles. The van der Waals surface area contributed by atoms with Crippen LogP contribution in [0.2, 0.25) is 10.0 Å². The number of hydrogen-bond donors (Lipinski definition) is 1. The number of ether oxygens (including phenoxy) is 2. The standard InChI is InChI=1S/C24H22BrCl2NO4/c1-3-32-24-16(25)6-14(10-21(24)31-2)15-11-22(30)28-19-8-13(9-20(29)23(15)19)12-4-5-17(26)18(27)7-12/h4-7,10,13,15H,3,8-9,11H2,1-2H3,(H,28,30). The number of carbonyl (C=O) groups excluding carboxylic acids is 2. The van der Waals surface area contributed by atoms with Gasteiger partial charge in [-0.25, -0.2) is 0 Å². The average Bonchev–Trinajstić information content (AvgIpc) is 2.76. The maximum Gasteiger partial charge on any atom is 0.225 e. The van der Waals surface area contributed by atoms with E-state index < -0.39 is 0 Å². The first-order valence-corrected chi connectivity index (χ1v) is 11.9. The Balaban J connectivity index is 1.73. The highest BCUT2D eigenvalue weighted by molar-refractivity contribution is 9.10. The molecule has 8 heteroatoms. The molecule has 0 radical (unpaired) electrons. The molecule has 2 unspecified atom stereocenters. The van der Waals surface area contributed by atoms with Gasteiger partial charge < -0.3 is 14.8 Å². The fourth-order valence-electron chi connectivity index (χ4n) is 4.47. The first-order chi connectivity index (χ1) is 15.3. The van der Waals surface area contributed by atoms with E-state index in [4.69, 9.17) is 32.7 Å². The van der Waals surface area contributed by atoms with Crippen molar-refractivity contribution in [2.45, 2.75) is 38.0 Å². The molecule has 32 heavy (non-hydrogen) atoms. The minimum Gasteiger partial charge on any atom is -0.493 e. The highest BCUT2D eigenvalue weighted by Gasteiger charge is 2.38. The van der Waals surface area contributed by atoms with E-state index in [0.29, 0.717) is 52.3 Å². The topological polar surface area (TPSA) is 64.6 Å². The van der Waals surface area contributed by atoms with Crippen molar-refractivity contribution in [1.82, 2.24) is 5.32 Å². The highest BCUT2D eigenvalue weighted by Crippen LogP contribution is 2.46. The lowest BCUT2D eigenvalue weighted by atomic mass is 9.73. The number of rotatable bonds is 5. The number of benzene rings is 2. The molecule has 5 nitrogen and oxygen atoms in total. The van der Waals surface area contributed by atoms with Gasteiger partial charge in [0, 0.05) is 30.0 Å². The molecule has 0 saturated heterocycles. The van der Waals surface area contributed by atoms with Crippen LogP contribution in [0.5, 0.6) is 11.5 Å². The Kier molecular flexibility index (Phi) is 6.84. The van der Waals surface area contributed by atoms with E-state index in [1.54, 1.807) is 19.2 Å². The molecule has 1 N–H and O–H groups in total. The molecule has 168 valence electrons. The minimum absolute atomic E-state index is 0.0243. The average molecular weight is 539 g/mol. The van der Waals surface area contributed by atoms with E-state index in [1.807, 2.05) is 25.1 Å². The number of allylic oxidation sites excluding steroid dienone is 2. The van der Waals surface area contributed by atoms with E-state index in [2.05, 4.69) is 21.2 Å². The fourth-order valence-corrected chi connectivity index (χ4v) is 5.35. The van der Waals surface area contributed by atoms with Crippen molar-refractivity contribution in [3.63, 3.8) is 0 Å². The van der Waals surface area contributed by atoms with Crippen LogP contribution in [0.4, 0.5) is 0 Å². The molecule has 2 atom stereocenters. The molecule has 2 aromatic carbocycles. The summed E-state index contributed by atoms with van der Waals surface area (Å²) >= 11 is 15.8. The molecule has 0 aromatic heterocycles. The molecule has 4 rings (SSSR count). The Morgan fingerprint density at radius 2 is 1.84 bits per heavy atom. The monoisotopic (exact) mass is 537 g/mol. The zero-order valence-corrected chi connectivity index (χ0v) is 20.7. The van der Waals surface area contributed by atoms with Gasteiger partial charge in [-0.1, -0.05) is 29.3 Å². The van der Waals surface area contributed by atoms with Gasteiger partial charge in [-0.3, -0.25) is 9.59 Å². The molecule has 0 saturated carbocycles. The maximum atomic E-state index is 13.3. The molecular formula is C24H22BrCl2NO4. The van der Waals surface area contributed by atoms with Crippen LogP contribution in [0.15, 0.2) is 46.1 Å². The molecule has 2 aromatic rings. The fraction of sp³-hybridized carbons (Fsp3) is 0.333. The number of amides is 1. The first kappa shape index (κ1) is 23.1. The number of halogens is 3. The van der Waals surface area contributed by atoms with Gasteiger partial charge in [-0.05, 0) is 70.6 Å². The number of carbonyl (C=O) groups is 2. The van der Waals surface area contributed by atoms with Crippen LogP contribution in [0.1, 0.15) is 49.1 Å². The number of ketones is 1. The lowest BCUT2D eigenvalue weighted by Crippen LogP contribution is -2.38. The number of hydrogen-bond acceptors (Lipinski definition) is 4. The molecule has 1 amide bonds. The molecule has 2 aliphatic rings. The normalized spacial score (nSPS) is 20.7. The van der Waals surface area contributed by atoms with E-state index in [-0.39, 0.29) is 29.9 Å². The second-order valence-corrected chi connectivity index (χ2v) is 9.53. The van der Waals surface area contributed by atoms with Crippen LogP contribution in [0, 0.1) is 0 Å². The predicted octanol–water partition coefficient (Wildman–Crippen LogP) is 6.17. The third-order valence-corrected chi connectivity index (χ3v) is 7.22. The summed E-state index contributed by atoms with van der Waals surface area (Å²) in [5.74, 6) is 0.652. The summed E-state index contributed by atoms with van der Waals surface area (Å²) in [4.78, 5) is 25.9. The second kappa shape index (κ2) is 9.46. The van der Waals surface area contributed by atoms with Crippen LogP contribution in [-0.2, 0) is 9.59 Å². The smallest absolute Gasteiger partial charge is 0.225 e. The summed E-state index contributed by atoms with van der Waals surface area (Å²) in [6, 6.07) is 9.17. The van der Waals surface area contributed by atoms with Gasteiger partial charge in [0.15, 0.2) is 17.3 Å². The first-order valence-electron chi connectivity index (χ1n) is 10.3. The molecular weight excluding hydrogens is 517 g/mol. The van der Waals surface area contributed by atoms with Crippen molar-refractivity contribution in [2.75, 3.05) is 13.7 Å². The Morgan fingerprint density at radius 3 is 2.53 bits per heavy atom. The summed E-state index contributed by atoms with van der Waals surface area (Å²) in [5.41, 5.74) is 3.11. The zero-order chi connectivity index (χ0) is 23.0. The van der Waals surface area contributed by atoms with E-state index in [9.17, 15) is 9.59 Å². The largest absolute Gasteiger partial charge is 0.493 e. The summed E-state index contributed by atoms with van der Waals surface area (Å²) in [5, 5.41) is 3.87. The highest BCUT2D eigenvalue weighted by atomic mass is 79.9. The van der Waals surface area contributed by atoms with Crippen LogP contribution in [-0.4, -0.2) is 25.4 Å². The number of methoxy groups -OCH3 is 1. The second-order valence-electron chi connectivity index (χ2n) is 7.87. The van der Waals surface area contributed by atoms with Gasteiger partial charge in [0.25, 0.3) is 0 Å². The van der Waals surface area contributed by atoms with Crippen molar-refractivity contribution >= 4 is 50.8 Å². The summed E-state index contributed by atoms with van der Waals surface area (Å²) < 4.78 is 11.9. The van der Waals surface area contributed by atoms with E-state index in [1.165, 1.54) is 0 Å². The van der Waals surface area contributed by atoms with Crippen LogP contribution >= 0.6 is 39.1 Å². The quantitative estimate of drug-likeness (QED) is 0.494. The Labute approximate surface area is 205 Å². The Bertz CT molecular complexity index is 1130. The van der Waals surface area contributed by atoms with Crippen LogP contribution < -0.4 is 14.8 Å². The Hall–Kier alpha value is -2.02. The lowest BCUT2D eigenvalue weighted by molar-refractivity contribution is -0.122. The molecule has 0 spiro atoms. The van der Waals surface area contributed by atoms with Gasteiger partial charge in [-0.2, -0.15) is 0 Å². The lowest BCUT2D eigenvalue weighted by Gasteiger charge is -2.34. The predicted molar refractivity (Wildman–Crippen MR) is 128 cm³/mol. The number of Topliss-reactive ketones (excluding diaryl/α,β-unsaturated/α-hetero) is 1. The molecule has 0 bridgehead atoms. The Morgan fingerprint density at radius 1 is 1.06 bits per heavy atom. The maximum absolute atomic E-state index is 13.3. The zero-order valence-electron chi connectivity index (χ0n) is 17.6. The third kappa shape index (κ3) is 4.41. The van der Waals surface area contributed by atoms with E-state index in [0.717, 1.165) is 15.6 Å². The summed E-state index contributed by atoms with van der Waals surface area (Å²) in [6.45, 7) is 2.39. The van der Waals surface area contributed by atoms with E-state index >= 15 is 0 Å². The van der Waals surface area contributed by atoms with Crippen LogP contribution in [0.25, 0.3) is 0 Å². The van der Waals surface area contributed by atoms with Crippen molar-refractivity contribution < 1.29 is 19.1 Å². The molecule has 1 heterocycles. The minimum atomic E-state index is -0.345. The van der Waals surface area contributed by atoms with Gasteiger partial charge in [0.05, 0.1) is 28.2 Å².